The molecule has 7 heteroatoms. The summed E-state index contributed by atoms with van der Waals surface area (Å²) in [5.74, 6) is -0.270. The fourth-order valence-electron chi connectivity index (χ4n) is 1.61. The summed E-state index contributed by atoms with van der Waals surface area (Å²) in [5.41, 5.74) is 6.00. The van der Waals surface area contributed by atoms with E-state index >= 15 is 0 Å². The zero-order valence-corrected chi connectivity index (χ0v) is 10.4. The third-order valence-electron chi connectivity index (χ3n) is 2.54. The number of nitrogens with one attached hydrogen (secondary N) is 1. The van der Waals surface area contributed by atoms with Crippen LogP contribution in [0.25, 0.3) is 0 Å². The Morgan fingerprint density at radius 1 is 1.53 bits per heavy atom. The van der Waals surface area contributed by atoms with Crippen LogP contribution in [0.3, 0.4) is 0 Å². The second-order valence-corrected chi connectivity index (χ2v) is 4.07. The summed E-state index contributed by atoms with van der Waals surface area (Å²) in [5, 5.41) is 6.73. The zero-order chi connectivity index (χ0) is 13.8. The predicted molar refractivity (Wildman–Crippen MR) is 67.9 cm³/mol. The first-order valence-corrected chi connectivity index (χ1v) is 5.74. The molecule has 0 aliphatic rings. The first-order valence-electron chi connectivity index (χ1n) is 5.74. The maximum atomic E-state index is 13.0. The number of carbonyl (C=O) groups is 1. The van der Waals surface area contributed by atoms with Crippen molar-refractivity contribution in [3.63, 3.8) is 0 Å². The average Bonchev–Trinajstić information content (AvgIpc) is 2.78. The first-order chi connectivity index (χ1) is 9.06. The van der Waals surface area contributed by atoms with E-state index in [1.165, 1.54) is 12.1 Å². The molecule has 1 aromatic heterocycles. The summed E-state index contributed by atoms with van der Waals surface area (Å²) in [4.78, 5) is 15.8. The number of halogens is 1. The molecule has 0 radical (unpaired) electrons. The Hall–Kier alpha value is -2.44. The number of hydrogen-bond acceptors (Lipinski definition) is 4. The minimum atomic E-state index is -0.495. The summed E-state index contributed by atoms with van der Waals surface area (Å²) < 4.78 is 14.6. The van der Waals surface area contributed by atoms with Gasteiger partial charge in [-0.3, -0.25) is 9.48 Å². The molecule has 0 saturated heterocycles. The van der Waals surface area contributed by atoms with Crippen LogP contribution < -0.4 is 11.1 Å². The number of carbonyl (C=O) groups excluding carboxylic acids is 1. The Kier molecular flexibility index (Phi) is 3.74. The quantitative estimate of drug-likeness (QED) is 0.787. The van der Waals surface area contributed by atoms with Crippen molar-refractivity contribution in [2.45, 2.75) is 6.42 Å². The van der Waals surface area contributed by atoms with Gasteiger partial charge in [-0.1, -0.05) is 0 Å². The fraction of sp³-hybridized carbons (Fsp3) is 0.250. The zero-order valence-electron chi connectivity index (χ0n) is 10.4. The number of nitrogens with two attached hydrogens (primary N) is 1. The molecule has 6 nitrogen and oxygen atoms in total. The lowest BCUT2D eigenvalue weighted by Gasteiger charge is -2.06. The molecule has 0 saturated carbocycles. The van der Waals surface area contributed by atoms with Crippen LogP contribution in [0.4, 0.5) is 10.1 Å². The summed E-state index contributed by atoms with van der Waals surface area (Å²) in [6, 6.07) is 3.69. The highest BCUT2D eigenvalue weighted by Crippen LogP contribution is 2.12. The predicted octanol–water partition coefficient (Wildman–Crippen LogP) is 0.509. The molecule has 0 spiro atoms. The molecule has 1 aromatic carbocycles. The molecule has 1 heterocycles. The van der Waals surface area contributed by atoms with Gasteiger partial charge >= 0.3 is 0 Å². The third-order valence-corrected chi connectivity index (χ3v) is 2.54. The number of benzene rings is 1. The molecule has 0 aliphatic heterocycles. The number of nitrogen functional groups attached to an aromatic ring is 1. The Balaban J connectivity index is 1.92. The van der Waals surface area contributed by atoms with Gasteiger partial charge < -0.3 is 11.1 Å². The van der Waals surface area contributed by atoms with Crippen LogP contribution in [0.2, 0.25) is 0 Å². The highest BCUT2D eigenvalue weighted by molar-refractivity contribution is 5.99. The maximum absolute atomic E-state index is 13.0. The second-order valence-electron chi connectivity index (χ2n) is 4.07. The number of anilines is 1. The number of aromatic nitrogens is 3. The van der Waals surface area contributed by atoms with Gasteiger partial charge in [-0.15, -0.1) is 0 Å². The molecule has 19 heavy (non-hydrogen) atoms. The molecule has 0 unspecified atom stereocenters. The Morgan fingerprint density at radius 3 is 3.00 bits per heavy atom. The van der Waals surface area contributed by atoms with Gasteiger partial charge in [0.1, 0.15) is 12.1 Å². The molecular weight excluding hydrogens is 249 g/mol. The number of aryl methyl sites for hydroxylation is 1. The van der Waals surface area contributed by atoms with E-state index < -0.39 is 11.7 Å². The van der Waals surface area contributed by atoms with Gasteiger partial charge in [0.25, 0.3) is 5.91 Å². The standard InChI is InChI=1S/C12H14FN5O/c1-18-7-16-11(17-18)4-5-15-12(19)9-6-8(13)2-3-10(9)14/h2-3,6-7H,4-5,14H2,1H3,(H,15,19). The van der Waals surface area contributed by atoms with E-state index in [0.29, 0.717) is 18.8 Å². The Labute approximate surface area is 109 Å². The molecule has 100 valence electrons. The highest BCUT2D eigenvalue weighted by atomic mass is 19.1. The van der Waals surface area contributed by atoms with Crippen molar-refractivity contribution in [2.24, 2.45) is 7.05 Å². The minimum absolute atomic E-state index is 0.133. The number of amides is 1. The van der Waals surface area contributed by atoms with Crippen molar-refractivity contribution >= 4 is 11.6 Å². The van der Waals surface area contributed by atoms with Crippen molar-refractivity contribution in [1.82, 2.24) is 20.1 Å². The number of nitrogens with zero attached hydrogens (tertiary/aromatic N) is 3. The lowest BCUT2D eigenvalue weighted by Crippen LogP contribution is -2.26. The van der Waals surface area contributed by atoms with Gasteiger partial charge in [0.15, 0.2) is 5.82 Å². The maximum Gasteiger partial charge on any atom is 0.253 e. The van der Waals surface area contributed by atoms with Crippen molar-refractivity contribution in [3.8, 4) is 0 Å². The summed E-state index contributed by atoms with van der Waals surface area (Å²) in [6.45, 7) is 0.360. The van der Waals surface area contributed by atoms with Crippen LogP contribution in [-0.2, 0) is 13.5 Å². The molecule has 3 N–H and O–H groups in total. The average molecular weight is 263 g/mol. The normalized spacial score (nSPS) is 10.4. The molecular formula is C12H14FN5O. The van der Waals surface area contributed by atoms with E-state index in [1.54, 1.807) is 18.1 Å². The summed E-state index contributed by atoms with van der Waals surface area (Å²) in [7, 11) is 1.77. The summed E-state index contributed by atoms with van der Waals surface area (Å²) in [6.07, 6.45) is 2.09. The van der Waals surface area contributed by atoms with E-state index in [2.05, 4.69) is 15.4 Å². The SMILES string of the molecule is Cn1cnc(CCNC(=O)c2cc(F)ccc2N)n1. The monoisotopic (exact) mass is 263 g/mol. The molecule has 2 rings (SSSR count). The molecule has 1 amide bonds. The van der Waals surface area contributed by atoms with Gasteiger partial charge in [0.05, 0.1) is 5.56 Å². The van der Waals surface area contributed by atoms with E-state index in [1.807, 2.05) is 0 Å². The van der Waals surface area contributed by atoms with Crippen molar-refractivity contribution in [3.05, 3.63) is 41.7 Å². The van der Waals surface area contributed by atoms with Crippen molar-refractivity contribution in [2.75, 3.05) is 12.3 Å². The molecule has 0 atom stereocenters. The lowest BCUT2D eigenvalue weighted by atomic mass is 10.1. The van der Waals surface area contributed by atoms with Crippen LogP contribution in [0.15, 0.2) is 24.5 Å². The van der Waals surface area contributed by atoms with Crippen LogP contribution in [-0.4, -0.2) is 27.2 Å². The van der Waals surface area contributed by atoms with Gasteiger partial charge in [-0.2, -0.15) is 5.10 Å². The van der Waals surface area contributed by atoms with E-state index in [4.69, 9.17) is 5.73 Å². The number of rotatable bonds is 4. The minimum Gasteiger partial charge on any atom is -0.398 e. The van der Waals surface area contributed by atoms with E-state index in [9.17, 15) is 9.18 Å². The van der Waals surface area contributed by atoms with Crippen LogP contribution in [0, 0.1) is 5.82 Å². The van der Waals surface area contributed by atoms with E-state index in [0.717, 1.165) is 6.07 Å². The molecule has 0 aliphatic carbocycles. The Bertz CT molecular complexity index is 596. The Morgan fingerprint density at radius 2 is 2.32 bits per heavy atom. The fourth-order valence-corrected chi connectivity index (χ4v) is 1.61. The molecule has 0 fully saturated rings. The topological polar surface area (TPSA) is 85.8 Å². The van der Waals surface area contributed by atoms with Gasteiger partial charge in [0.2, 0.25) is 0 Å². The van der Waals surface area contributed by atoms with Gasteiger partial charge in [-0.05, 0) is 18.2 Å². The number of hydrogen-bond donors (Lipinski definition) is 2. The smallest absolute Gasteiger partial charge is 0.253 e. The molecule has 2 aromatic rings. The van der Waals surface area contributed by atoms with E-state index in [-0.39, 0.29) is 11.3 Å². The summed E-state index contributed by atoms with van der Waals surface area (Å²) >= 11 is 0. The van der Waals surface area contributed by atoms with Crippen LogP contribution in [0.5, 0.6) is 0 Å². The third kappa shape index (κ3) is 3.27. The first kappa shape index (κ1) is 13.0. The largest absolute Gasteiger partial charge is 0.398 e. The van der Waals surface area contributed by atoms with Crippen LogP contribution >= 0.6 is 0 Å². The van der Waals surface area contributed by atoms with Crippen molar-refractivity contribution in [1.29, 1.82) is 0 Å². The van der Waals surface area contributed by atoms with Crippen LogP contribution in [0.1, 0.15) is 16.2 Å². The van der Waals surface area contributed by atoms with Gasteiger partial charge in [-0.25, -0.2) is 9.37 Å². The second kappa shape index (κ2) is 5.47. The molecule has 0 bridgehead atoms. The van der Waals surface area contributed by atoms with Gasteiger partial charge in [0, 0.05) is 25.7 Å². The highest BCUT2D eigenvalue weighted by Gasteiger charge is 2.10. The van der Waals surface area contributed by atoms with Crippen molar-refractivity contribution < 1.29 is 9.18 Å². The lowest BCUT2D eigenvalue weighted by molar-refractivity contribution is 0.0954.